The molecule has 3 aromatic carbocycles. The number of rotatable bonds is 12. The molecule has 0 unspecified atom stereocenters. The minimum Gasteiger partial charge on any atom is -0.496 e. The third kappa shape index (κ3) is 9.38. The van der Waals surface area contributed by atoms with Crippen LogP contribution in [0.25, 0.3) is 11.1 Å². The summed E-state index contributed by atoms with van der Waals surface area (Å²) in [5.41, 5.74) is 4.86. The molecule has 0 saturated carbocycles. The number of carbonyl (C=O) groups is 2. The third-order valence-electron chi connectivity index (χ3n) is 9.57. The van der Waals surface area contributed by atoms with Crippen molar-refractivity contribution in [3.63, 3.8) is 0 Å². The summed E-state index contributed by atoms with van der Waals surface area (Å²) in [5.74, 6) is 0.459. The highest BCUT2D eigenvalue weighted by atomic mass is 35.5. The number of amides is 2. The molecule has 0 radical (unpaired) electrons. The van der Waals surface area contributed by atoms with Crippen molar-refractivity contribution in [1.82, 2.24) is 4.90 Å². The molecule has 0 aliphatic carbocycles. The highest BCUT2D eigenvalue weighted by Crippen LogP contribution is 2.39. The summed E-state index contributed by atoms with van der Waals surface area (Å²) in [6, 6.07) is 19.4. The molecule has 0 atom stereocenters. The van der Waals surface area contributed by atoms with Crippen LogP contribution in [-0.2, 0) is 22.2 Å². The van der Waals surface area contributed by atoms with Crippen LogP contribution in [0.3, 0.4) is 0 Å². The number of ether oxygens (including phenoxy) is 1. The molecular weight excluding hydrogens is 630 g/mol. The van der Waals surface area contributed by atoms with Crippen molar-refractivity contribution >= 4 is 43.3 Å². The van der Waals surface area contributed by atoms with Crippen LogP contribution >= 0.6 is 11.6 Å². The SMILES string of the molecule is COc1cc(NC(=O)CCCc2ccc(-c3ccccc3)c(N(C(=O)O)C3CCN(C)CC3)c2)c(Cl)cc1CO[Si](C)(C)C(C)(C)C. The number of halogens is 1. The van der Waals surface area contributed by atoms with Gasteiger partial charge in [-0.1, -0.05) is 74.8 Å². The third-order valence-corrected chi connectivity index (χ3v) is 14.4. The van der Waals surface area contributed by atoms with E-state index in [0.29, 0.717) is 41.6 Å². The van der Waals surface area contributed by atoms with E-state index < -0.39 is 14.4 Å². The zero-order chi connectivity index (χ0) is 34.4. The summed E-state index contributed by atoms with van der Waals surface area (Å²) in [7, 11) is 1.69. The standard InChI is InChI=1S/C37H50ClN3O5Si/c1-37(2,3)47(6,7)46-25-28-23-31(38)32(24-34(28)45-5)39-35(42)15-11-12-26-16-17-30(27-13-9-8-10-14-27)33(22-26)41(36(43)44)29-18-20-40(4)21-19-29/h8-10,13-14,16-17,22-24,29H,11-12,15,18-21,25H2,1-7H3,(H,39,42)(H,43,44). The molecule has 254 valence electrons. The van der Waals surface area contributed by atoms with Crippen LogP contribution in [0.15, 0.2) is 60.7 Å². The van der Waals surface area contributed by atoms with Crippen LogP contribution in [0.5, 0.6) is 5.75 Å². The molecule has 8 nitrogen and oxygen atoms in total. The number of benzene rings is 3. The van der Waals surface area contributed by atoms with E-state index in [4.69, 9.17) is 20.8 Å². The van der Waals surface area contributed by atoms with Gasteiger partial charge in [0.25, 0.3) is 0 Å². The van der Waals surface area contributed by atoms with E-state index in [-0.39, 0.29) is 23.4 Å². The maximum Gasteiger partial charge on any atom is 0.412 e. The van der Waals surface area contributed by atoms with Gasteiger partial charge in [-0.2, -0.15) is 0 Å². The average Bonchev–Trinajstić information content (AvgIpc) is 3.02. The second-order valence-electron chi connectivity index (χ2n) is 14.0. The Labute approximate surface area is 286 Å². The van der Waals surface area contributed by atoms with Crippen molar-refractivity contribution in [1.29, 1.82) is 0 Å². The molecule has 0 bridgehead atoms. The molecule has 0 aromatic heterocycles. The molecule has 1 aliphatic heterocycles. The molecule has 1 fully saturated rings. The number of piperidine rings is 1. The number of likely N-dealkylation sites (tertiary alicyclic amines) is 1. The van der Waals surface area contributed by atoms with Gasteiger partial charge in [0, 0.05) is 29.7 Å². The van der Waals surface area contributed by atoms with Crippen LogP contribution in [0.4, 0.5) is 16.2 Å². The van der Waals surface area contributed by atoms with Gasteiger partial charge in [0.05, 0.1) is 30.1 Å². The first-order valence-corrected chi connectivity index (χ1v) is 19.7. The first-order chi connectivity index (χ1) is 22.2. The summed E-state index contributed by atoms with van der Waals surface area (Å²) in [4.78, 5) is 29.5. The van der Waals surface area contributed by atoms with E-state index in [1.807, 2.05) is 48.5 Å². The van der Waals surface area contributed by atoms with Crippen molar-refractivity contribution < 1.29 is 23.9 Å². The molecule has 0 spiro atoms. The van der Waals surface area contributed by atoms with Crippen LogP contribution in [-0.4, -0.2) is 63.6 Å². The molecule has 4 rings (SSSR count). The number of hydrogen-bond donors (Lipinski definition) is 2. The number of aryl methyl sites for hydroxylation is 1. The summed E-state index contributed by atoms with van der Waals surface area (Å²) in [5, 5.41) is 13.9. The lowest BCUT2D eigenvalue weighted by atomic mass is 9.96. The largest absolute Gasteiger partial charge is 0.496 e. The van der Waals surface area contributed by atoms with Gasteiger partial charge in [-0.15, -0.1) is 0 Å². The van der Waals surface area contributed by atoms with E-state index in [0.717, 1.165) is 48.2 Å². The summed E-state index contributed by atoms with van der Waals surface area (Å²) in [6.45, 7) is 13.1. The van der Waals surface area contributed by atoms with E-state index in [2.05, 4.69) is 51.1 Å². The Kier molecular flexibility index (Phi) is 12.2. The van der Waals surface area contributed by atoms with Crippen LogP contribution in [0.1, 0.15) is 57.6 Å². The van der Waals surface area contributed by atoms with Crippen molar-refractivity contribution in [2.75, 3.05) is 37.5 Å². The Morgan fingerprint density at radius 3 is 2.36 bits per heavy atom. The number of methoxy groups -OCH3 is 1. The van der Waals surface area contributed by atoms with Crippen molar-refractivity contribution in [3.8, 4) is 16.9 Å². The second kappa shape index (κ2) is 15.7. The molecular formula is C37H50ClN3O5Si. The zero-order valence-electron chi connectivity index (χ0n) is 28.9. The molecule has 1 saturated heterocycles. The van der Waals surface area contributed by atoms with Gasteiger partial charge in [0.1, 0.15) is 5.75 Å². The summed E-state index contributed by atoms with van der Waals surface area (Å²) in [6.07, 6.45) is 2.10. The highest BCUT2D eigenvalue weighted by Gasteiger charge is 2.37. The number of hydrogen-bond acceptors (Lipinski definition) is 5. The zero-order valence-corrected chi connectivity index (χ0v) is 30.6. The normalized spacial score (nSPS) is 14.6. The van der Waals surface area contributed by atoms with Crippen LogP contribution in [0, 0.1) is 0 Å². The first kappa shape index (κ1) is 36.5. The monoisotopic (exact) mass is 679 g/mol. The van der Waals surface area contributed by atoms with Crippen molar-refractivity contribution in [2.45, 2.75) is 83.7 Å². The second-order valence-corrected chi connectivity index (χ2v) is 19.2. The Hall–Kier alpha value is -3.37. The lowest BCUT2D eigenvalue weighted by Gasteiger charge is -2.36. The van der Waals surface area contributed by atoms with E-state index in [9.17, 15) is 14.7 Å². The average molecular weight is 680 g/mol. The predicted molar refractivity (Wildman–Crippen MR) is 194 cm³/mol. The van der Waals surface area contributed by atoms with Gasteiger partial charge in [0.15, 0.2) is 8.32 Å². The quantitative estimate of drug-likeness (QED) is 0.186. The Bertz CT molecular complexity index is 1530. The Balaban J connectivity index is 1.45. The lowest BCUT2D eigenvalue weighted by molar-refractivity contribution is -0.116. The molecule has 1 aliphatic rings. The van der Waals surface area contributed by atoms with Gasteiger partial charge >= 0.3 is 6.09 Å². The Morgan fingerprint density at radius 1 is 1.06 bits per heavy atom. The fourth-order valence-corrected chi connectivity index (χ4v) is 6.82. The van der Waals surface area contributed by atoms with E-state index in [1.54, 1.807) is 24.1 Å². The molecule has 2 N–H and O–H groups in total. The van der Waals surface area contributed by atoms with E-state index in [1.165, 1.54) is 0 Å². The fourth-order valence-electron chi connectivity index (χ4n) is 5.64. The van der Waals surface area contributed by atoms with Crippen molar-refractivity contribution in [3.05, 3.63) is 76.8 Å². The topological polar surface area (TPSA) is 91.3 Å². The highest BCUT2D eigenvalue weighted by molar-refractivity contribution is 6.74. The van der Waals surface area contributed by atoms with Crippen LogP contribution in [0.2, 0.25) is 23.2 Å². The number of nitrogens with zero attached hydrogens (tertiary/aromatic N) is 2. The molecule has 2 amide bonds. The van der Waals surface area contributed by atoms with Gasteiger partial charge in [-0.05, 0) is 87.2 Å². The summed E-state index contributed by atoms with van der Waals surface area (Å²) < 4.78 is 12.0. The Morgan fingerprint density at radius 2 is 1.74 bits per heavy atom. The first-order valence-electron chi connectivity index (χ1n) is 16.4. The maximum absolute atomic E-state index is 13.0. The molecule has 3 aromatic rings. The molecule has 1 heterocycles. The molecule has 10 heteroatoms. The fraction of sp³-hybridized carbons (Fsp3) is 0.459. The lowest BCUT2D eigenvalue weighted by Crippen LogP contribution is -2.46. The van der Waals surface area contributed by atoms with Gasteiger partial charge < -0.3 is 24.5 Å². The number of carboxylic acid groups (broad SMARTS) is 1. The van der Waals surface area contributed by atoms with E-state index >= 15 is 0 Å². The minimum absolute atomic E-state index is 0.0752. The summed E-state index contributed by atoms with van der Waals surface area (Å²) >= 11 is 6.61. The van der Waals surface area contributed by atoms with Crippen LogP contribution < -0.4 is 15.0 Å². The minimum atomic E-state index is -1.97. The van der Waals surface area contributed by atoms with Gasteiger partial charge in [-0.3, -0.25) is 9.69 Å². The molecule has 47 heavy (non-hydrogen) atoms. The smallest absolute Gasteiger partial charge is 0.412 e. The maximum atomic E-state index is 13.0. The van der Waals surface area contributed by atoms with Gasteiger partial charge in [0.2, 0.25) is 5.91 Å². The number of anilines is 2. The predicted octanol–water partition coefficient (Wildman–Crippen LogP) is 9.08. The number of nitrogens with one attached hydrogen (secondary N) is 1. The van der Waals surface area contributed by atoms with Crippen molar-refractivity contribution in [2.24, 2.45) is 0 Å². The van der Waals surface area contributed by atoms with Gasteiger partial charge in [-0.25, -0.2) is 4.79 Å². The number of carbonyl (C=O) groups excluding carboxylic acids is 1.